The highest BCUT2D eigenvalue weighted by molar-refractivity contribution is 6.31. The van der Waals surface area contributed by atoms with Crippen molar-refractivity contribution in [3.63, 3.8) is 0 Å². The molecule has 0 spiro atoms. The Balaban J connectivity index is 2.16. The number of aryl methyl sites for hydroxylation is 2. The maximum Gasteiger partial charge on any atom is 0.171 e. The van der Waals surface area contributed by atoms with Crippen LogP contribution in [0.15, 0.2) is 18.2 Å². The third-order valence-corrected chi connectivity index (χ3v) is 3.74. The predicted octanol–water partition coefficient (Wildman–Crippen LogP) is 3.98. The monoisotopic (exact) mass is 307 g/mol. The van der Waals surface area contributed by atoms with Gasteiger partial charge in [0.2, 0.25) is 0 Å². The van der Waals surface area contributed by atoms with Crippen molar-refractivity contribution < 1.29 is 4.74 Å². The normalized spacial score (nSPS) is 11.2. The Labute approximate surface area is 131 Å². The summed E-state index contributed by atoms with van der Waals surface area (Å²) in [6.07, 6.45) is 0. The number of nitrogens with one attached hydrogen (secondary N) is 1. The highest BCUT2D eigenvalue weighted by Gasteiger charge is 2.12. The standard InChI is InChI=1S/C16H22ClN3O/c1-10(2)18-9-13-6-7-14(8-15(13)17)21-16-11(3)19-20(5)12(16)4/h6-8,10,18H,9H2,1-5H3. The summed E-state index contributed by atoms with van der Waals surface area (Å²) < 4.78 is 7.75. The number of hydrogen-bond acceptors (Lipinski definition) is 3. The summed E-state index contributed by atoms with van der Waals surface area (Å²) in [6, 6.07) is 6.21. The lowest BCUT2D eigenvalue weighted by atomic mass is 10.2. The molecule has 1 heterocycles. The van der Waals surface area contributed by atoms with Gasteiger partial charge in [-0.05, 0) is 31.5 Å². The molecular formula is C16H22ClN3O. The minimum atomic E-state index is 0.428. The lowest BCUT2D eigenvalue weighted by Crippen LogP contribution is -2.21. The van der Waals surface area contributed by atoms with Crippen LogP contribution in [0, 0.1) is 13.8 Å². The molecule has 2 aromatic rings. The highest BCUT2D eigenvalue weighted by Crippen LogP contribution is 2.30. The van der Waals surface area contributed by atoms with Crippen LogP contribution in [0.5, 0.6) is 11.5 Å². The molecule has 0 aliphatic carbocycles. The third kappa shape index (κ3) is 3.77. The highest BCUT2D eigenvalue weighted by atomic mass is 35.5. The predicted molar refractivity (Wildman–Crippen MR) is 86.2 cm³/mol. The molecule has 0 saturated heterocycles. The van der Waals surface area contributed by atoms with Crippen LogP contribution in [0.4, 0.5) is 0 Å². The Kier molecular flexibility index (Phi) is 4.91. The summed E-state index contributed by atoms with van der Waals surface area (Å²) in [7, 11) is 1.91. The quantitative estimate of drug-likeness (QED) is 0.908. The average Bonchev–Trinajstić information content (AvgIpc) is 2.64. The largest absolute Gasteiger partial charge is 0.453 e. The van der Waals surface area contributed by atoms with Crippen molar-refractivity contribution in [3.8, 4) is 11.5 Å². The van der Waals surface area contributed by atoms with E-state index in [1.54, 1.807) is 0 Å². The first kappa shape index (κ1) is 15.9. The molecule has 0 bridgehead atoms. The molecule has 21 heavy (non-hydrogen) atoms. The van der Waals surface area contributed by atoms with Gasteiger partial charge in [0.15, 0.2) is 5.75 Å². The third-order valence-electron chi connectivity index (χ3n) is 3.39. The van der Waals surface area contributed by atoms with Gasteiger partial charge in [-0.1, -0.05) is 31.5 Å². The minimum Gasteiger partial charge on any atom is -0.453 e. The van der Waals surface area contributed by atoms with E-state index in [1.807, 2.05) is 43.8 Å². The van der Waals surface area contributed by atoms with E-state index in [0.29, 0.717) is 11.1 Å². The molecule has 0 amide bonds. The Hall–Kier alpha value is -1.52. The van der Waals surface area contributed by atoms with Crippen molar-refractivity contribution in [1.82, 2.24) is 15.1 Å². The second kappa shape index (κ2) is 6.50. The fraction of sp³-hybridized carbons (Fsp3) is 0.438. The van der Waals surface area contributed by atoms with Gasteiger partial charge < -0.3 is 10.1 Å². The van der Waals surface area contributed by atoms with E-state index in [-0.39, 0.29) is 0 Å². The van der Waals surface area contributed by atoms with Gasteiger partial charge in [0, 0.05) is 24.7 Å². The first-order chi connectivity index (χ1) is 9.88. The Morgan fingerprint density at radius 1 is 1.33 bits per heavy atom. The van der Waals surface area contributed by atoms with Crippen LogP contribution in [0.25, 0.3) is 0 Å². The zero-order chi connectivity index (χ0) is 15.6. The molecule has 1 aromatic carbocycles. The number of halogens is 1. The fourth-order valence-electron chi connectivity index (χ4n) is 2.07. The van der Waals surface area contributed by atoms with Crippen LogP contribution in [-0.2, 0) is 13.6 Å². The number of hydrogen-bond donors (Lipinski definition) is 1. The molecule has 1 aromatic heterocycles. The van der Waals surface area contributed by atoms with Gasteiger partial charge in [-0.25, -0.2) is 0 Å². The van der Waals surface area contributed by atoms with E-state index < -0.39 is 0 Å². The minimum absolute atomic E-state index is 0.428. The Morgan fingerprint density at radius 3 is 2.57 bits per heavy atom. The van der Waals surface area contributed by atoms with Crippen molar-refractivity contribution in [2.45, 2.75) is 40.3 Å². The molecule has 114 valence electrons. The van der Waals surface area contributed by atoms with Gasteiger partial charge in [-0.15, -0.1) is 0 Å². The van der Waals surface area contributed by atoms with Crippen molar-refractivity contribution in [3.05, 3.63) is 40.2 Å². The van der Waals surface area contributed by atoms with Crippen molar-refractivity contribution >= 4 is 11.6 Å². The molecule has 1 N–H and O–H groups in total. The van der Waals surface area contributed by atoms with Crippen LogP contribution in [0.1, 0.15) is 30.8 Å². The first-order valence-electron chi connectivity index (χ1n) is 7.08. The molecule has 0 atom stereocenters. The number of aromatic nitrogens is 2. The van der Waals surface area contributed by atoms with Crippen LogP contribution < -0.4 is 10.1 Å². The molecule has 5 heteroatoms. The van der Waals surface area contributed by atoms with E-state index in [4.69, 9.17) is 16.3 Å². The van der Waals surface area contributed by atoms with E-state index in [9.17, 15) is 0 Å². The Morgan fingerprint density at radius 2 is 2.05 bits per heavy atom. The topological polar surface area (TPSA) is 39.1 Å². The lowest BCUT2D eigenvalue weighted by molar-refractivity contribution is 0.473. The maximum atomic E-state index is 6.32. The summed E-state index contributed by atoms with van der Waals surface area (Å²) in [6.45, 7) is 8.89. The molecule has 0 fully saturated rings. The number of nitrogens with zero attached hydrogens (tertiary/aromatic N) is 2. The van der Waals surface area contributed by atoms with E-state index in [1.165, 1.54) is 0 Å². The number of benzene rings is 1. The SMILES string of the molecule is Cc1nn(C)c(C)c1Oc1ccc(CNC(C)C)c(Cl)c1. The van der Waals surface area contributed by atoms with Gasteiger partial charge in [0.1, 0.15) is 11.4 Å². The first-order valence-corrected chi connectivity index (χ1v) is 7.46. The van der Waals surface area contributed by atoms with Crippen molar-refractivity contribution in [1.29, 1.82) is 0 Å². The van der Waals surface area contributed by atoms with Gasteiger partial charge in [0.05, 0.1) is 5.69 Å². The molecule has 0 saturated carbocycles. The zero-order valence-electron chi connectivity index (χ0n) is 13.2. The van der Waals surface area contributed by atoms with Crippen LogP contribution in [0.2, 0.25) is 5.02 Å². The molecule has 0 aliphatic heterocycles. The Bertz CT molecular complexity index is 635. The smallest absolute Gasteiger partial charge is 0.171 e. The molecule has 0 aliphatic rings. The van der Waals surface area contributed by atoms with Gasteiger partial charge in [-0.2, -0.15) is 5.10 Å². The number of rotatable bonds is 5. The van der Waals surface area contributed by atoms with E-state index >= 15 is 0 Å². The van der Waals surface area contributed by atoms with Crippen LogP contribution in [-0.4, -0.2) is 15.8 Å². The molecule has 0 unspecified atom stereocenters. The average molecular weight is 308 g/mol. The summed E-state index contributed by atoms with van der Waals surface area (Å²) in [4.78, 5) is 0. The van der Waals surface area contributed by atoms with Gasteiger partial charge in [-0.3, -0.25) is 4.68 Å². The van der Waals surface area contributed by atoms with Crippen LogP contribution in [0.3, 0.4) is 0 Å². The molecular weight excluding hydrogens is 286 g/mol. The van der Waals surface area contributed by atoms with Gasteiger partial charge >= 0.3 is 0 Å². The fourth-order valence-corrected chi connectivity index (χ4v) is 2.31. The van der Waals surface area contributed by atoms with E-state index in [0.717, 1.165) is 35.0 Å². The van der Waals surface area contributed by atoms with E-state index in [2.05, 4.69) is 24.3 Å². The number of ether oxygens (including phenoxy) is 1. The lowest BCUT2D eigenvalue weighted by Gasteiger charge is -2.11. The second-order valence-electron chi connectivity index (χ2n) is 5.51. The molecule has 2 rings (SSSR count). The summed E-state index contributed by atoms with van der Waals surface area (Å²) in [5.74, 6) is 1.52. The molecule has 0 radical (unpaired) electrons. The summed E-state index contributed by atoms with van der Waals surface area (Å²) >= 11 is 6.32. The van der Waals surface area contributed by atoms with Crippen molar-refractivity contribution in [2.75, 3.05) is 0 Å². The summed E-state index contributed by atoms with van der Waals surface area (Å²) in [5.41, 5.74) is 2.93. The van der Waals surface area contributed by atoms with Gasteiger partial charge in [0.25, 0.3) is 0 Å². The molecule has 4 nitrogen and oxygen atoms in total. The van der Waals surface area contributed by atoms with Crippen molar-refractivity contribution in [2.24, 2.45) is 7.05 Å². The zero-order valence-corrected chi connectivity index (χ0v) is 14.0. The van der Waals surface area contributed by atoms with Crippen LogP contribution >= 0.6 is 11.6 Å². The summed E-state index contributed by atoms with van der Waals surface area (Å²) in [5, 5.41) is 8.41. The second-order valence-corrected chi connectivity index (χ2v) is 5.92. The maximum absolute atomic E-state index is 6.32.